The third-order valence-electron chi connectivity index (χ3n) is 3.21. The van der Waals surface area contributed by atoms with Crippen LogP contribution in [0.4, 0.5) is 5.69 Å². The Hall–Kier alpha value is -1.63. The first-order chi connectivity index (χ1) is 9.53. The van der Waals surface area contributed by atoms with Crippen LogP contribution in [-0.4, -0.2) is 28.3 Å². The van der Waals surface area contributed by atoms with Gasteiger partial charge in [-0.05, 0) is 25.8 Å². The molecule has 0 unspecified atom stereocenters. The second-order valence-corrected chi connectivity index (χ2v) is 5.27. The number of para-hydroxylation sites is 1. The summed E-state index contributed by atoms with van der Waals surface area (Å²) in [6, 6.07) is 4.36. The Morgan fingerprint density at radius 3 is 2.75 bits per heavy atom. The normalized spacial score (nSPS) is 15.5. The number of rotatable bonds is 6. The molecular weight excluding hydrogens is 328 g/mol. The van der Waals surface area contributed by atoms with E-state index in [2.05, 4.69) is 21.2 Å². The second-order valence-electron chi connectivity index (χ2n) is 4.71. The van der Waals surface area contributed by atoms with Crippen molar-refractivity contribution in [1.29, 1.82) is 0 Å². The fraction of sp³-hybridized carbons (Fsp3) is 0.462. The van der Waals surface area contributed by atoms with Crippen molar-refractivity contribution in [2.24, 2.45) is 0 Å². The van der Waals surface area contributed by atoms with Crippen molar-refractivity contribution < 1.29 is 14.5 Å². The zero-order valence-electron chi connectivity index (χ0n) is 11.0. The van der Waals surface area contributed by atoms with Crippen molar-refractivity contribution in [2.45, 2.75) is 25.3 Å². The summed E-state index contributed by atoms with van der Waals surface area (Å²) in [5.41, 5.74) is -0.206. The molecule has 0 aliphatic heterocycles. The van der Waals surface area contributed by atoms with Crippen molar-refractivity contribution in [1.82, 2.24) is 5.32 Å². The van der Waals surface area contributed by atoms with Crippen LogP contribution in [0.3, 0.4) is 0 Å². The highest BCUT2D eigenvalue weighted by molar-refractivity contribution is 9.09. The number of hydrogen-bond donors (Lipinski definition) is 1. The van der Waals surface area contributed by atoms with Gasteiger partial charge in [0.25, 0.3) is 5.91 Å². The van der Waals surface area contributed by atoms with Gasteiger partial charge in [0.05, 0.1) is 22.6 Å². The van der Waals surface area contributed by atoms with Crippen molar-refractivity contribution in [3.05, 3.63) is 33.9 Å². The van der Waals surface area contributed by atoms with E-state index in [1.807, 2.05) is 0 Å². The van der Waals surface area contributed by atoms with Crippen LogP contribution in [0.5, 0.6) is 5.75 Å². The molecule has 1 saturated carbocycles. The lowest BCUT2D eigenvalue weighted by Gasteiger charge is -2.16. The molecule has 1 aromatic rings. The number of nitrogens with one attached hydrogen (secondary N) is 1. The zero-order chi connectivity index (χ0) is 14.8. The van der Waals surface area contributed by atoms with Gasteiger partial charge >= 0.3 is 5.69 Å². The van der Waals surface area contributed by atoms with E-state index in [4.69, 9.17) is 4.74 Å². The molecule has 0 radical (unpaired) electrons. The molecule has 1 aliphatic carbocycles. The Morgan fingerprint density at radius 2 is 2.25 bits per heavy atom. The number of alkyl halides is 1. The summed E-state index contributed by atoms with van der Waals surface area (Å²) >= 11 is 3.37. The maximum atomic E-state index is 12.3. The number of nitro benzene ring substituents is 1. The van der Waals surface area contributed by atoms with Crippen molar-refractivity contribution in [2.75, 3.05) is 11.9 Å². The molecule has 0 aromatic heterocycles. The van der Waals surface area contributed by atoms with Gasteiger partial charge in [-0.3, -0.25) is 14.9 Å². The molecule has 7 heteroatoms. The number of nitrogens with zero attached hydrogens (tertiary/aromatic N) is 1. The van der Waals surface area contributed by atoms with Crippen LogP contribution in [0.1, 0.15) is 30.1 Å². The Morgan fingerprint density at radius 1 is 1.55 bits per heavy atom. The number of benzene rings is 1. The Balaban J connectivity index is 2.32. The highest BCUT2D eigenvalue weighted by Gasteiger charge is 2.43. The molecule has 0 atom stereocenters. The molecule has 0 spiro atoms. The van der Waals surface area contributed by atoms with Gasteiger partial charge in [-0.25, -0.2) is 0 Å². The largest absolute Gasteiger partial charge is 0.487 e. The summed E-state index contributed by atoms with van der Waals surface area (Å²) in [6.45, 7) is 1.98. The third kappa shape index (κ3) is 2.92. The molecule has 20 heavy (non-hydrogen) atoms. The van der Waals surface area contributed by atoms with Crippen LogP contribution in [0.25, 0.3) is 0 Å². The first kappa shape index (κ1) is 14.8. The van der Waals surface area contributed by atoms with Gasteiger partial charge in [-0.1, -0.05) is 22.0 Å². The predicted molar refractivity (Wildman–Crippen MR) is 77.5 cm³/mol. The molecule has 1 aromatic carbocycles. The van der Waals surface area contributed by atoms with E-state index in [0.29, 0.717) is 5.33 Å². The maximum absolute atomic E-state index is 12.3. The lowest BCUT2D eigenvalue weighted by molar-refractivity contribution is -0.385. The van der Waals surface area contributed by atoms with Crippen LogP contribution in [0, 0.1) is 10.1 Å². The van der Waals surface area contributed by atoms with Gasteiger partial charge in [0.15, 0.2) is 0 Å². The highest BCUT2D eigenvalue weighted by Crippen LogP contribution is 2.38. The Bertz CT molecular complexity index is 543. The van der Waals surface area contributed by atoms with Crippen LogP contribution in [0.2, 0.25) is 0 Å². The van der Waals surface area contributed by atoms with Crippen LogP contribution < -0.4 is 10.1 Å². The first-order valence-electron chi connectivity index (χ1n) is 6.31. The molecule has 1 aliphatic rings. The molecule has 1 amide bonds. The molecule has 0 heterocycles. The van der Waals surface area contributed by atoms with Gasteiger partial charge < -0.3 is 10.1 Å². The second kappa shape index (κ2) is 5.78. The van der Waals surface area contributed by atoms with Gasteiger partial charge in [0.1, 0.15) is 0 Å². The summed E-state index contributed by atoms with van der Waals surface area (Å²) in [5.74, 6) is -0.308. The van der Waals surface area contributed by atoms with Crippen molar-refractivity contribution >= 4 is 27.5 Å². The van der Waals surface area contributed by atoms with Gasteiger partial charge in [-0.15, -0.1) is 0 Å². The minimum atomic E-state index is -0.543. The summed E-state index contributed by atoms with van der Waals surface area (Å²) in [5, 5.41) is 14.6. The average molecular weight is 343 g/mol. The van der Waals surface area contributed by atoms with Crippen molar-refractivity contribution in [3.8, 4) is 5.75 Å². The molecule has 0 saturated heterocycles. The smallest absolute Gasteiger partial charge is 0.311 e. The lowest BCUT2D eigenvalue weighted by atomic mass is 10.1. The molecule has 1 fully saturated rings. The number of hydrogen-bond acceptors (Lipinski definition) is 4. The van der Waals surface area contributed by atoms with Crippen LogP contribution >= 0.6 is 15.9 Å². The number of ether oxygens (including phenoxy) is 1. The fourth-order valence-electron chi connectivity index (χ4n) is 1.89. The van der Waals surface area contributed by atoms with E-state index in [1.54, 1.807) is 6.92 Å². The summed E-state index contributed by atoms with van der Waals surface area (Å²) in [4.78, 5) is 22.8. The zero-order valence-corrected chi connectivity index (χ0v) is 12.6. The van der Waals surface area contributed by atoms with Crippen LogP contribution in [-0.2, 0) is 0 Å². The van der Waals surface area contributed by atoms with E-state index in [0.717, 1.165) is 12.8 Å². The van der Waals surface area contributed by atoms with E-state index in [1.165, 1.54) is 18.2 Å². The fourth-order valence-corrected chi connectivity index (χ4v) is 2.60. The third-order valence-corrected chi connectivity index (χ3v) is 4.29. The summed E-state index contributed by atoms with van der Waals surface area (Å²) in [7, 11) is 0. The molecule has 2 rings (SSSR count). The number of nitro groups is 1. The first-order valence-corrected chi connectivity index (χ1v) is 7.44. The number of halogens is 1. The van der Waals surface area contributed by atoms with Gasteiger partial charge in [0, 0.05) is 11.4 Å². The number of amides is 1. The lowest BCUT2D eigenvalue weighted by Crippen LogP contribution is -2.38. The predicted octanol–water partition coefficient (Wildman–Crippen LogP) is 2.65. The number of carbonyl (C=O) groups is 1. The Labute approximate surface area is 124 Å². The van der Waals surface area contributed by atoms with E-state index < -0.39 is 4.92 Å². The Kier molecular flexibility index (Phi) is 4.27. The van der Waals surface area contributed by atoms with E-state index in [9.17, 15) is 14.9 Å². The summed E-state index contributed by atoms with van der Waals surface area (Å²) in [6.07, 6.45) is 1.81. The monoisotopic (exact) mass is 342 g/mol. The molecule has 6 nitrogen and oxygen atoms in total. The topological polar surface area (TPSA) is 81.5 Å². The summed E-state index contributed by atoms with van der Waals surface area (Å²) < 4.78 is 5.30. The quantitative estimate of drug-likeness (QED) is 0.489. The molecule has 108 valence electrons. The number of carbonyl (C=O) groups excluding carboxylic acids is 1. The van der Waals surface area contributed by atoms with E-state index in [-0.39, 0.29) is 35.1 Å². The van der Waals surface area contributed by atoms with Crippen molar-refractivity contribution in [3.63, 3.8) is 0 Å². The minimum Gasteiger partial charge on any atom is -0.487 e. The average Bonchev–Trinajstić information content (AvgIpc) is 3.19. The minimum absolute atomic E-state index is 0.0304. The molecule has 1 N–H and O–H groups in total. The maximum Gasteiger partial charge on any atom is 0.311 e. The molecule has 0 bridgehead atoms. The highest BCUT2D eigenvalue weighted by atomic mass is 79.9. The van der Waals surface area contributed by atoms with E-state index >= 15 is 0 Å². The molecular formula is C13H15BrN2O4. The SMILES string of the molecule is CCOc1c(C(=O)NC2(CBr)CC2)cccc1[N+](=O)[O-]. The van der Waals surface area contributed by atoms with Gasteiger partial charge in [0.2, 0.25) is 5.75 Å². The van der Waals surface area contributed by atoms with Gasteiger partial charge in [-0.2, -0.15) is 0 Å². The van der Waals surface area contributed by atoms with Crippen LogP contribution in [0.15, 0.2) is 18.2 Å². The standard InChI is InChI=1S/C13H15BrN2O4/c1-2-20-11-9(4-3-5-10(11)16(18)19)12(17)15-13(8-14)6-7-13/h3-5H,2,6-8H2,1H3,(H,15,17).